The number of benzene rings is 4. The first-order valence-corrected chi connectivity index (χ1v) is 12.6. The minimum absolute atomic E-state index is 0.0691. The Morgan fingerprint density at radius 2 is 1.73 bits per heavy atom. The number of halogens is 2. The number of ether oxygens (including phenoxy) is 1. The van der Waals surface area contributed by atoms with E-state index in [0.29, 0.717) is 22.5 Å². The van der Waals surface area contributed by atoms with E-state index < -0.39 is 18.6 Å². The van der Waals surface area contributed by atoms with Crippen molar-refractivity contribution in [1.82, 2.24) is 10.3 Å². The molecule has 1 heterocycles. The SMILES string of the molecule is Cc1c(-c2ccccc2)cccc1-c1nc2cc(CNC(Cc3ccc(O)cc3)C(=O)O)c(OC(F)F)cc2o1. The average Bonchev–Trinajstić information content (AvgIpc) is 3.34. The van der Waals surface area contributed by atoms with Crippen LogP contribution in [0.5, 0.6) is 11.5 Å². The maximum Gasteiger partial charge on any atom is 0.387 e. The number of nitrogens with one attached hydrogen (secondary N) is 1. The number of phenolic OH excluding ortho intramolecular Hbond substituents is 1. The van der Waals surface area contributed by atoms with Gasteiger partial charge >= 0.3 is 12.6 Å². The Kier molecular flexibility index (Phi) is 7.75. The standard InChI is InChI=1S/C31H26F2N2O5/c1-18-23(20-6-3-2-4-7-20)8-5-9-24(18)29-35-25-15-21(27(40-31(32)33)16-28(25)39-29)17-34-26(30(37)38)14-19-10-12-22(36)13-11-19/h2-13,15-16,26,31,34,36H,14,17H2,1H3,(H,37,38). The molecule has 0 aliphatic rings. The van der Waals surface area contributed by atoms with Crippen LogP contribution in [0.15, 0.2) is 89.3 Å². The van der Waals surface area contributed by atoms with Gasteiger partial charge < -0.3 is 19.4 Å². The van der Waals surface area contributed by atoms with Crippen LogP contribution < -0.4 is 10.1 Å². The van der Waals surface area contributed by atoms with Crippen LogP contribution in [0, 0.1) is 6.92 Å². The van der Waals surface area contributed by atoms with E-state index in [1.165, 1.54) is 18.2 Å². The van der Waals surface area contributed by atoms with Crippen LogP contribution in [-0.4, -0.2) is 33.8 Å². The maximum absolute atomic E-state index is 13.3. The summed E-state index contributed by atoms with van der Waals surface area (Å²) in [7, 11) is 0. The highest BCUT2D eigenvalue weighted by atomic mass is 19.3. The molecule has 40 heavy (non-hydrogen) atoms. The van der Waals surface area contributed by atoms with E-state index in [4.69, 9.17) is 9.15 Å². The summed E-state index contributed by atoms with van der Waals surface area (Å²) in [6.07, 6.45) is 0.119. The summed E-state index contributed by atoms with van der Waals surface area (Å²) in [6, 6.07) is 23.7. The number of carboxylic acids is 1. The number of carbonyl (C=O) groups is 1. The molecule has 1 aromatic heterocycles. The molecule has 204 valence electrons. The van der Waals surface area contributed by atoms with Crippen molar-refractivity contribution >= 4 is 17.1 Å². The quantitative estimate of drug-likeness (QED) is 0.183. The number of rotatable bonds is 10. The number of hydrogen-bond acceptors (Lipinski definition) is 6. The van der Waals surface area contributed by atoms with Crippen molar-refractivity contribution in [3.05, 3.63) is 102 Å². The fourth-order valence-corrected chi connectivity index (χ4v) is 4.60. The molecule has 1 unspecified atom stereocenters. The molecule has 0 fully saturated rings. The van der Waals surface area contributed by atoms with Gasteiger partial charge in [0.25, 0.3) is 0 Å². The van der Waals surface area contributed by atoms with E-state index in [9.17, 15) is 23.8 Å². The first-order valence-electron chi connectivity index (χ1n) is 12.6. The molecule has 0 saturated heterocycles. The summed E-state index contributed by atoms with van der Waals surface area (Å²) >= 11 is 0. The Morgan fingerprint density at radius 1 is 1.00 bits per heavy atom. The smallest absolute Gasteiger partial charge is 0.387 e. The van der Waals surface area contributed by atoms with E-state index in [0.717, 1.165) is 22.3 Å². The van der Waals surface area contributed by atoms with E-state index >= 15 is 0 Å². The van der Waals surface area contributed by atoms with Crippen LogP contribution in [0.1, 0.15) is 16.7 Å². The van der Waals surface area contributed by atoms with Gasteiger partial charge in [0.05, 0.1) is 0 Å². The highest BCUT2D eigenvalue weighted by Crippen LogP contribution is 2.35. The zero-order valence-corrected chi connectivity index (χ0v) is 21.5. The van der Waals surface area contributed by atoms with Gasteiger partial charge in [-0.1, -0.05) is 54.6 Å². The lowest BCUT2D eigenvalue weighted by molar-refractivity contribution is -0.139. The highest BCUT2D eigenvalue weighted by Gasteiger charge is 2.21. The maximum atomic E-state index is 13.3. The second kappa shape index (κ2) is 11.5. The van der Waals surface area contributed by atoms with Crippen molar-refractivity contribution in [2.24, 2.45) is 0 Å². The van der Waals surface area contributed by atoms with Crippen LogP contribution in [0.4, 0.5) is 8.78 Å². The number of aromatic nitrogens is 1. The highest BCUT2D eigenvalue weighted by molar-refractivity contribution is 5.82. The summed E-state index contributed by atoms with van der Waals surface area (Å²) < 4.78 is 37.3. The van der Waals surface area contributed by atoms with E-state index in [1.54, 1.807) is 18.2 Å². The Labute approximate surface area is 228 Å². The van der Waals surface area contributed by atoms with Crippen LogP contribution in [-0.2, 0) is 17.8 Å². The molecule has 0 saturated carbocycles. The summed E-state index contributed by atoms with van der Waals surface area (Å²) in [6.45, 7) is -1.19. The monoisotopic (exact) mass is 544 g/mol. The molecule has 0 aliphatic heterocycles. The Hall–Kier alpha value is -4.76. The van der Waals surface area contributed by atoms with E-state index in [1.807, 2.05) is 55.5 Å². The number of aliphatic carboxylic acids is 1. The number of hydrogen-bond donors (Lipinski definition) is 3. The molecule has 0 amide bonds. The normalized spacial score (nSPS) is 12.1. The molecule has 5 rings (SSSR count). The first-order chi connectivity index (χ1) is 19.3. The molecule has 7 nitrogen and oxygen atoms in total. The molecule has 0 radical (unpaired) electrons. The fraction of sp³-hybridized carbons (Fsp3) is 0.161. The molecule has 0 aliphatic carbocycles. The topological polar surface area (TPSA) is 105 Å². The van der Waals surface area contributed by atoms with Crippen LogP contribution >= 0.6 is 0 Å². The Balaban J connectivity index is 1.45. The van der Waals surface area contributed by atoms with E-state index in [2.05, 4.69) is 10.3 Å². The van der Waals surface area contributed by atoms with Gasteiger partial charge in [-0.2, -0.15) is 8.78 Å². The van der Waals surface area contributed by atoms with Crippen molar-refractivity contribution in [2.45, 2.75) is 32.5 Å². The van der Waals surface area contributed by atoms with Crippen molar-refractivity contribution in [3.63, 3.8) is 0 Å². The van der Waals surface area contributed by atoms with Crippen molar-refractivity contribution in [1.29, 1.82) is 0 Å². The molecular formula is C31H26F2N2O5. The number of alkyl halides is 2. The van der Waals surface area contributed by atoms with Crippen LogP contribution in [0.3, 0.4) is 0 Å². The zero-order valence-electron chi connectivity index (χ0n) is 21.5. The van der Waals surface area contributed by atoms with Crippen molar-refractivity contribution in [3.8, 4) is 34.1 Å². The summed E-state index contributed by atoms with van der Waals surface area (Å²) in [4.78, 5) is 16.5. The predicted molar refractivity (Wildman–Crippen MR) is 146 cm³/mol. The lowest BCUT2D eigenvalue weighted by atomic mass is 9.96. The molecule has 4 aromatic carbocycles. The van der Waals surface area contributed by atoms with Gasteiger partial charge in [0.15, 0.2) is 5.58 Å². The number of phenols is 1. The number of carboxylic acid groups (broad SMARTS) is 1. The fourth-order valence-electron chi connectivity index (χ4n) is 4.60. The largest absolute Gasteiger partial charge is 0.508 e. The van der Waals surface area contributed by atoms with Gasteiger partial charge in [0, 0.05) is 23.7 Å². The van der Waals surface area contributed by atoms with Gasteiger partial charge in [-0.15, -0.1) is 0 Å². The molecule has 1 atom stereocenters. The summed E-state index contributed by atoms with van der Waals surface area (Å²) in [5, 5.41) is 22.1. The average molecular weight is 545 g/mol. The van der Waals surface area contributed by atoms with Gasteiger partial charge in [0.1, 0.15) is 23.1 Å². The molecule has 3 N–H and O–H groups in total. The molecule has 0 spiro atoms. The summed E-state index contributed by atoms with van der Waals surface area (Å²) in [5.41, 5.74) is 5.43. The first kappa shape index (κ1) is 26.8. The second-order valence-electron chi connectivity index (χ2n) is 9.31. The van der Waals surface area contributed by atoms with E-state index in [-0.39, 0.29) is 30.0 Å². The Morgan fingerprint density at radius 3 is 2.42 bits per heavy atom. The van der Waals surface area contributed by atoms with Crippen molar-refractivity contribution in [2.75, 3.05) is 0 Å². The third-order valence-electron chi connectivity index (χ3n) is 6.65. The predicted octanol–water partition coefficient (Wildman–Crippen LogP) is 6.56. The lowest BCUT2D eigenvalue weighted by Crippen LogP contribution is -2.38. The molecular weight excluding hydrogens is 518 g/mol. The zero-order chi connectivity index (χ0) is 28.2. The lowest BCUT2D eigenvalue weighted by Gasteiger charge is -2.16. The molecule has 9 heteroatoms. The van der Waals surface area contributed by atoms with Crippen LogP contribution in [0.25, 0.3) is 33.7 Å². The third kappa shape index (κ3) is 5.94. The minimum atomic E-state index is -3.09. The van der Waals surface area contributed by atoms with Crippen LogP contribution in [0.2, 0.25) is 0 Å². The Bertz CT molecular complexity index is 1640. The van der Waals surface area contributed by atoms with Gasteiger partial charge in [-0.3, -0.25) is 10.1 Å². The van der Waals surface area contributed by atoms with Gasteiger partial charge in [-0.05, 0) is 59.9 Å². The van der Waals surface area contributed by atoms with Gasteiger partial charge in [-0.25, -0.2) is 4.98 Å². The molecule has 5 aromatic rings. The third-order valence-corrected chi connectivity index (χ3v) is 6.65. The molecule has 0 bridgehead atoms. The minimum Gasteiger partial charge on any atom is -0.508 e. The summed E-state index contributed by atoms with van der Waals surface area (Å²) in [5.74, 6) is -0.849. The number of fused-ring (bicyclic) bond motifs is 1. The number of aromatic hydroxyl groups is 1. The number of oxazole rings is 1. The van der Waals surface area contributed by atoms with Crippen molar-refractivity contribution < 1.29 is 32.9 Å². The van der Waals surface area contributed by atoms with Gasteiger partial charge in [0.2, 0.25) is 5.89 Å². The second-order valence-corrected chi connectivity index (χ2v) is 9.31. The number of nitrogens with zero attached hydrogens (tertiary/aromatic N) is 1.